The van der Waals surface area contributed by atoms with Gasteiger partial charge in [-0.1, -0.05) is 11.6 Å². The first kappa shape index (κ1) is 13.3. The summed E-state index contributed by atoms with van der Waals surface area (Å²) in [5, 5.41) is 3.23. The number of rotatable bonds is 5. The van der Waals surface area contributed by atoms with Gasteiger partial charge in [0.2, 0.25) is 0 Å². The van der Waals surface area contributed by atoms with Crippen LogP contribution in [0, 0.1) is 0 Å². The Morgan fingerprint density at radius 3 is 3.00 bits per heavy atom. The van der Waals surface area contributed by atoms with Crippen LogP contribution in [-0.4, -0.2) is 22.8 Å². The molecule has 3 nitrogen and oxygen atoms in total. The van der Waals surface area contributed by atoms with Crippen molar-refractivity contribution in [3.63, 3.8) is 0 Å². The number of pyridine rings is 1. The van der Waals surface area contributed by atoms with Crippen LogP contribution >= 0.6 is 23.2 Å². The van der Waals surface area contributed by atoms with E-state index in [2.05, 4.69) is 10.3 Å². The van der Waals surface area contributed by atoms with Crippen LogP contribution in [0.1, 0.15) is 30.1 Å². The third-order valence-electron chi connectivity index (χ3n) is 2.17. The van der Waals surface area contributed by atoms with Gasteiger partial charge in [0, 0.05) is 24.3 Å². The van der Waals surface area contributed by atoms with Crippen molar-refractivity contribution in [1.29, 1.82) is 0 Å². The molecule has 5 heteroatoms. The standard InChI is InChI=1S/C11H14Cl2N2O/c1-8(3-2-5-12)15-11(16)9-4-6-14-7-10(9)13/h4,6-8H,2-3,5H2,1H3,(H,15,16). The maximum Gasteiger partial charge on any atom is 0.253 e. The van der Waals surface area contributed by atoms with Crippen molar-refractivity contribution in [2.24, 2.45) is 0 Å². The molecule has 1 aromatic heterocycles. The van der Waals surface area contributed by atoms with Crippen molar-refractivity contribution in [2.45, 2.75) is 25.8 Å². The lowest BCUT2D eigenvalue weighted by Gasteiger charge is -2.13. The van der Waals surface area contributed by atoms with Gasteiger partial charge < -0.3 is 5.32 Å². The highest BCUT2D eigenvalue weighted by Gasteiger charge is 2.12. The van der Waals surface area contributed by atoms with E-state index in [1.807, 2.05) is 6.92 Å². The average Bonchev–Trinajstić information content (AvgIpc) is 2.26. The second-order valence-electron chi connectivity index (χ2n) is 3.56. The number of alkyl halides is 1. The van der Waals surface area contributed by atoms with Gasteiger partial charge in [0.25, 0.3) is 5.91 Å². The third kappa shape index (κ3) is 3.99. The molecule has 0 saturated carbocycles. The highest BCUT2D eigenvalue weighted by Crippen LogP contribution is 2.13. The first-order chi connectivity index (χ1) is 7.65. The molecule has 0 saturated heterocycles. The molecule has 1 heterocycles. The fourth-order valence-corrected chi connectivity index (χ4v) is 1.68. The molecule has 0 aliphatic heterocycles. The van der Waals surface area contributed by atoms with Gasteiger partial charge in [-0.15, -0.1) is 11.6 Å². The number of amides is 1. The van der Waals surface area contributed by atoms with Gasteiger partial charge in [-0.3, -0.25) is 9.78 Å². The molecule has 1 unspecified atom stereocenters. The Balaban J connectivity index is 2.56. The molecule has 0 bridgehead atoms. The van der Waals surface area contributed by atoms with Crippen LogP contribution in [0.2, 0.25) is 5.02 Å². The third-order valence-corrected chi connectivity index (χ3v) is 2.73. The topological polar surface area (TPSA) is 42.0 Å². The first-order valence-corrected chi connectivity index (χ1v) is 6.02. The monoisotopic (exact) mass is 260 g/mol. The van der Waals surface area contributed by atoms with Crippen LogP contribution in [0.5, 0.6) is 0 Å². The van der Waals surface area contributed by atoms with E-state index in [1.165, 1.54) is 6.20 Å². The molecular formula is C11H14Cl2N2O. The fourth-order valence-electron chi connectivity index (χ4n) is 1.32. The molecule has 16 heavy (non-hydrogen) atoms. The molecule has 0 aromatic carbocycles. The van der Waals surface area contributed by atoms with E-state index in [1.54, 1.807) is 12.3 Å². The number of carbonyl (C=O) groups excluding carboxylic acids is 1. The van der Waals surface area contributed by atoms with Gasteiger partial charge in [-0.2, -0.15) is 0 Å². The van der Waals surface area contributed by atoms with Crippen molar-refractivity contribution in [3.8, 4) is 0 Å². The maximum absolute atomic E-state index is 11.8. The predicted molar refractivity (Wildman–Crippen MR) is 66.1 cm³/mol. The second kappa shape index (κ2) is 6.71. The van der Waals surface area contributed by atoms with Gasteiger partial charge in [0.05, 0.1) is 10.6 Å². The van der Waals surface area contributed by atoms with Crippen LogP contribution < -0.4 is 5.32 Å². The minimum absolute atomic E-state index is 0.0930. The van der Waals surface area contributed by atoms with Gasteiger partial charge in [0.1, 0.15) is 0 Å². The average molecular weight is 261 g/mol. The van der Waals surface area contributed by atoms with Crippen molar-refractivity contribution in [3.05, 3.63) is 29.0 Å². The Kier molecular flexibility index (Phi) is 5.56. The number of nitrogens with one attached hydrogen (secondary N) is 1. The summed E-state index contributed by atoms with van der Waals surface area (Å²) in [7, 11) is 0. The second-order valence-corrected chi connectivity index (χ2v) is 4.35. The van der Waals surface area contributed by atoms with Gasteiger partial charge >= 0.3 is 0 Å². The molecule has 0 aliphatic carbocycles. The van der Waals surface area contributed by atoms with Crippen molar-refractivity contribution < 1.29 is 4.79 Å². The lowest BCUT2D eigenvalue weighted by atomic mass is 10.1. The number of hydrogen-bond acceptors (Lipinski definition) is 2. The van der Waals surface area contributed by atoms with Crippen molar-refractivity contribution in [2.75, 3.05) is 5.88 Å². The van der Waals surface area contributed by atoms with E-state index in [9.17, 15) is 4.79 Å². The molecule has 1 rings (SSSR count). The van der Waals surface area contributed by atoms with Gasteiger partial charge in [-0.25, -0.2) is 0 Å². The number of nitrogens with zero attached hydrogens (tertiary/aromatic N) is 1. The Morgan fingerprint density at radius 2 is 2.38 bits per heavy atom. The smallest absolute Gasteiger partial charge is 0.253 e. The van der Waals surface area contributed by atoms with Crippen LogP contribution in [0.25, 0.3) is 0 Å². The molecule has 0 radical (unpaired) electrons. The molecule has 0 aliphatic rings. The van der Waals surface area contributed by atoms with E-state index in [0.717, 1.165) is 12.8 Å². The molecule has 88 valence electrons. The van der Waals surface area contributed by atoms with E-state index in [4.69, 9.17) is 23.2 Å². The number of halogens is 2. The van der Waals surface area contributed by atoms with Crippen LogP contribution in [0.3, 0.4) is 0 Å². The molecule has 0 spiro atoms. The zero-order valence-electron chi connectivity index (χ0n) is 9.04. The van der Waals surface area contributed by atoms with Crippen molar-refractivity contribution in [1.82, 2.24) is 10.3 Å². The normalized spacial score (nSPS) is 12.2. The highest BCUT2D eigenvalue weighted by molar-refractivity contribution is 6.33. The zero-order chi connectivity index (χ0) is 12.0. The Morgan fingerprint density at radius 1 is 1.62 bits per heavy atom. The summed E-state index contributed by atoms with van der Waals surface area (Å²) in [5.41, 5.74) is 0.453. The summed E-state index contributed by atoms with van der Waals surface area (Å²) >= 11 is 11.4. The van der Waals surface area contributed by atoms with E-state index in [-0.39, 0.29) is 11.9 Å². The lowest BCUT2D eigenvalue weighted by Crippen LogP contribution is -2.32. The summed E-state index contributed by atoms with van der Waals surface area (Å²) < 4.78 is 0. The van der Waals surface area contributed by atoms with Gasteiger partial charge in [0.15, 0.2) is 0 Å². The predicted octanol–water partition coefficient (Wildman–Crippen LogP) is 2.87. The van der Waals surface area contributed by atoms with Crippen LogP contribution in [-0.2, 0) is 0 Å². The Bertz CT molecular complexity index is 358. The highest BCUT2D eigenvalue weighted by atomic mass is 35.5. The Labute approximate surface area is 105 Å². The first-order valence-electron chi connectivity index (χ1n) is 5.11. The molecule has 1 atom stereocenters. The summed E-state index contributed by atoms with van der Waals surface area (Å²) in [6, 6.07) is 1.70. The fraction of sp³-hybridized carbons (Fsp3) is 0.455. The summed E-state index contributed by atoms with van der Waals surface area (Å²) in [6.45, 7) is 1.94. The number of aromatic nitrogens is 1. The molecule has 1 amide bonds. The molecule has 1 N–H and O–H groups in total. The minimum Gasteiger partial charge on any atom is -0.350 e. The largest absolute Gasteiger partial charge is 0.350 e. The van der Waals surface area contributed by atoms with Gasteiger partial charge in [-0.05, 0) is 25.8 Å². The molecule has 1 aromatic rings. The number of hydrogen-bond donors (Lipinski definition) is 1. The van der Waals surface area contributed by atoms with Crippen molar-refractivity contribution >= 4 is 29.1 Å². The zero-order valence-corrected chi connectivity index (χ0v) is 10.6. The SMILES string of the molecule is CC(CCCCl)NC(=O)c1ccncc1Cl. The molecule has 0 fully saturated rings. The van der Waals surface area contributed by atoms with E-state index < -0.39 is 0 Å². The van der Waals surface area contributed by atoms with Crippen LogP contribution in [0.15, 0.2) is 18.5 Å². The van der Waals surface area contributed by atoms with E-state index >= 15 is 0 Å². The summed E-state index contributed by atoms with van der Waals surface area (Å²) in [4.78, 5) is 15.6. The van der Waals surface area contributed by atoms with E-state index in [0.29, 0.717) is 16.5 Å². The minimum atomic E-state index is -0.172. The summed E-state index contributed by atoms with van der Waals surface area (Å²) in [6.07, 6.45) is 4.75. The maximum atomic E-state index is 11.8. The van der Waals surface area contributed by atoms with Crippen LogP contribution in [0.4, 0.5) is 0 Å². The number of carbonyl (C=O) groups is 1. The lowest BCUT2D eigenvalue weighted by molar-refractivity contribution is 0.0938. The Hall–Kier alpha value is -0.800. The quantitative estimate of drug-likeness (QED) is 0.828. The summed E-state index contributed by atoms with van der Waals surface area (Å²) in [5.74, 6) is 0.436. The molecular weight excluding hydrogens is 247 g/mol.